The van der Waals surface area contributed by atoms with Gasteiger partial charge in [-0.05, 0) is 83.9 Å². The van der Waals surface area contributed by atoms with Crippen LogP contribution in [0.4, 0.5) is 24.5 Å². The van der Waals surface area contributed by atoms with Crippen molar-refractivity contribution in [2.45, 2.75) is 16.3 Å². The Bertz CT molecular complexity index is 1990. The van der Waals surface area contributed by atoms with Gasteiger partial charge in [0.15, 0.2) is 0 Å². The van der Waals surface area contributed by atoms with Gasteiger partial charge in [0, 0.05) is 31.9 Å². The molecule has 49 heavy (non-hydrogen) atoms. The van der Waals surface area contributed by atoms with E-state index in [4.69, 9.17) is 23.2 Å². The molecular weight excluding hydrogens is 694 g/mol. The summed E-state index contributed by atoms with van der Waals surface area (Å²) in [6.45, 7) is 0. The zero-order chi connectivity index (χ0) is 35.0. The van der Waals surface area contributed by atoms with Crippen LogP contribution >= 0.6 is 35.0 Å². The van der Waals surface area contributed by atoms with Crippen LogP contribution in [0.5, 0.6) is 0 Å². The molecule has 248 valence electrons. The number of carbonyl (C=O) groups is 3. The number of rotatable bonds is 10. The number of benzene rings is 5. The third-order valence-electron chi connectivity index (χ3n) is 6.96. The fraction of sp³-hybridized carbons (Fsp3) is 0.0541. The normalized spacial score (nSPS) is 12.1. The number of alkyl halides is 3. The van der Waals surface area contributed by atoms with Crippen LogP contribution < -0.4 is 16.0 Å². The average molecular weight is 721 g/mol. The van der Waals surface area contributed by atoms with Crippen LogP contribution in [0.25, 0.3) is 6.08 Å². The maximum absolute atomic E-state index is 13.5. The number of hydrogen-bond acceptors (Lipinski definition) is 4. The molecule has 0 spiro atoms. The van der Waals surface area contributed by atoms with Crippen LogP contribution in [-0.4, -0.2) is 17.7 Å². The molecule has 0 radical (unpaired) electrons. The van der Waals surface area contributed by atoms with Crippen LogP contribution in [0.1, 0.15) is 32.3 Å². The standard InChI is InChI=1S/C37H26Cl2F3N3O3S/c38-27-15-14-25(31(39)22-27)20-32(45-34(46)24-10-5-2-6-11-24)35(47)43-28-16-18-30(19-17-28)49-33(23-8-3-1-4-9-23)36(48)44-29-13-7-12-26(21-29)37(40,41)42/h1-22,33H,(H,43,47)(H,44,48)(H,45,46)/b32-20-. The summed E-state index contributed by atoms with van der Waals surface area (Å²) in [5.74, 6) is -1.65. The highest BCUT2D eigenvalue weighted by Gasteiger charge is 2.31. The first-order chi connectivity index (χ1) is 23.5. The lowest BCUT2D eigenvalue weighted by molar-refractivity contribution is -0.137. The molecule has 5 rings (SSSR count). The van der Waals surface area contributed by atoms with Gasteiger partial charge in [-0.25, -0.2) is 0 Å². The average Bonchev–Trinajstić information content (AvgIpc) is 3.09. The Morgan fingerprint density at radius 3 is 2.04 bits per heavy atom. The first-order valence-electron chi connectivity index (χ1n) is 14.6. The molecule has 0 bridgehead atoms. The second-order valence-electron chi connectivity index (χ2n) is 10.5. The zero-order valence-electron chi connectivity index (χ0n) is 25.3. The zero-order valence-corrected chi connectivity index (χ0v) is 27.6. The van der Waals surface area contributed by atoms with Gasteiger partial charge in [-0.1, -0.05) is 83.9 Å². The predicted molar refractivity (Wildman–Crippen MR) is 189 cm³/mol. The van der Waals surface area contributed by atoms with Gasteiger partial charge >= 0.3 is 6.18 Å². The second kappa shape index (κ2) is 15.9. The van der Waals surface area contributed by atoms with Crippen LogP contribution in [-0.2, 0) is 15.8 Å². The molecule has 0 aromatic heterocycles. The van der Waals surface area contributed by atoms with Crippen molar-refractivity contribution in [3.05, 3.63) is 165 Å². The van der Waals surface area contributed by atoms with E-state index in [9.17, 15) is 27.6 Å². The van der Waals surface area contributed by atoms with Gasteiger partial charge in [-0.2, -0.15) is 13.2 Å². The number of carbonyl (C=O) groups excluding carboxylic acids is 3. The molecule has 12 heteroatoms. The fourth-order valence-corrected chi connectivity index (χ4v) is 6.04. The van der Waals surface area contributed by atoms with Gasteiger partial charge in [-0.3, -0.25) is 14.4 Å². The van der Waals surface area contributed by atoms with Crippen molar-refractivity contribution in [2.24, 2.45) is 0 Å². The molecule has 3 amide bonds. The molecular formula is C37H26Cl2F3N3O3S. The lowest BCUT2D eigenvalue weighted by Crippen LogP contribution is -2.30. The lowest BCUT2D eigenvalue weighted by Gasteiger charge is -2.18. The predicted octanol–water partition coefficient (Wildman–Crippen LogP) is 9.89. The van der Waals surface area contributed by atoms with Crippen molar-refractivity contribution in [1.29, 1.82) is 0 Å². The number of amides is 3. The van der Waals surface area contributed by atoms with Crippen molar-refractivity contribution in [3.63, 3.8) is 0 Å². The van der Waals surface area contributed by atoms with E-state index < -0.39 is 34.7 Å². The summed E-state index contributed by atoms with van der Waals surface area (Å²) in [5.41, 5.74) is 0.886. The number of anilines is 2. The maximum atomic E-state index is 13.5. The molecule has 0 saturated carbocycles. The molecule has 5 aromatic rings. The molecule has 0 fully saturated rings. The van der Waals surface area contributed by atoms with E-state index in [2.05, 4.69) is 16.0 Å². The minimum absolute atomic E-state index is 0.0162. The topological polar surface area (TPSA) is 87.3 Å². The van der Waals surface area contributed by atoms with Crippen LogP contribution in [0.15, 0.2) is 138 Å². The summed E-state index contributed by atoms with van der Waals surface area (Å²) in [6.07, 6.45) is -3.12. The van der Waals surface area contributed by atoms with Gasteiger partial charge in [0.05, 0.1) is 5.56 Å². The molecule has 0 aliphatic heterocycles. The molecule has 6 nitrogen and oxygen atoms in total. The Morgan fingerprint density at radius 2 is 1.39 bits per heavy atom. The van der Waals surface area contributed by atoms with Crippen LogP contribution in [0, 0.1) is 0 Å². The number of hydrogen-bond donors (Lipinski definition) is 3. The van der Waals surface area contributed by atoms with Gasteiger partial charge in [-0.15, -0.1) is 11.8 Å². The van der Waals surface area contributed by atoms with E-state index in [1.807, 2.05) is 0 Å². The minimum Gasteiger partial charge on any atom is -0.325 e. The van der Waals surface area contributed by atoms with Gasteiger partial charge in [0.25, 0.3) is 11.8 Å². The molecule has 1 unspecified atom stereocenters. The Morgan fingerprint density at radius 1 is 0.714 bits per heavy atom. The summed E-state index contributed by atoms with van der Waals surface area (Å²) in [6, 6.07) is 33.0. The monoisotopic (exact) mass is 719 g/mol. The fourth-order valence-electron chi connectivity index (χ4n) is 4.55. The molecule has 0 heterocycles. The van der Waals surface area contributed by atoms with E-state index in [0.29, 0.717) is 32.3 Å². The highest BCUT2D eigenvalue weighted by Crippen LogP contribution is 2.37. The number of nitrogens with one attached hydrogen (secondary N) is 3. The second-order valence-corrected chi connectivity index (χ2v) is 12.5. The molecule has 0 aliphatic carbocycles. The minimum atomic E-state index is -4.56. The van der Waals surface area contributed by atoms with E-state index in [1.165, 1.54) is 36.0 Å². The first-order valence-corrected chi connectivity index (χ1v) is 16.2. The Hall–Kier alpha value is -5.03. The lowest BCUT2D eigenvalue weighted by atomic mass is 10.1. The maximum Gasteiger partial charge on any atom is 0.416 e. The van der Waals surface area contributed by atoms with Gasteiger partial charge < -0.3 is 16.0 Å². The van der Waals surface area contributed by atoms with Crippen molar-refractivity contribution >= 4 is 70.1 Å². The summed E-state index contributed by atoms with van der Waals surface area (Å²) >= 11 is 13.5. The summed E-state index contributed by atoms with van der Waals surface area (Å²) in [4.78, 5) is 40.5. The smallest absolute Gasteiger partial charge is 0.325 e. The van der Waals surface area contributed by atoms with Crippen molar-refractivity contribution in [3.8, 4) is 0 Å². The summed E-state index contributed by atoms with van der Waals surface area (Å²) < 4.78 is 39.8. The number of thioether (sulfide) groups is 1. The SMILES string of the molecule is O=C(Nc1ccc(SC(C(=O)Nc2cccc(C(F)(F)F)c2)c2ccccc2)cc1)/C(=C/c1ccc(Cl)cc1Cl)NC(=O)c1ccccc1. The Balaban J connectivity index is 1.34. The molecule has 0 saturated heterocycles. The Labute approximate surface area is 294 Å². The summed E-state index contributed by atoms with van der Waals surface area (Å²) in [7, 11) is 0. The van der Waals surface area contributed by atoms with Crippen molar-refractivity contribution in [2.75, 3.05) is 10.6 Å². The van der Waals surface area contributed by atoms with Gasteiger partial charge in [0.1, 0.15) is 10.9 Å². The van der Waals surface area contributed by atoms with E-state index in [1.54, 1.807) is 97.1 Å². The highest BCUT2D eigenvalue weighted by atomic mass is 35.5. The molecule has 3 N–H and O–H groups in total. The van der Waals surface area contributed by atoms with Crippen molar-refractivity contribution < 1.29 is 27.6 Å². The van der Waals surface area contributed by atoms with E-state index >= 15 is 0 Å². The molecule has 0 aliphatic rings. The number of halogens is 5. The van der Waals surface area contributed by atoms with Crippen molar-refractivity contribution in [1.82, 2.24) is 5.32 Å². The van der Waals surface area contributed by atoms with E-state index in [0.717, 1.165) is 12.1 Å². The van der Waals surface area contributed by atoms with Crippen LogP contribution in [0.2, 0.25) is 10.0 Å². The quantitative estimate of drug-likeness (QED) is 0.0991. The third kappa shape index (κ3) is 9.76. The largest absolute Gasteiger partial charge is 0.416 e. The molecule has 1 atom stereocenters. The Kier molecular flexibility index (Phi) is 11.5. The van der Waals surface area contributed by atoms with Gasteiger partial charge in [0.2, 0.25) is 5.91 Å². The third-order valence-corrected chi connectivity index (χ3v) is 8.78. The molecule has 5 aromatic carbocycles. The van der Waals surface area contributed by atoms with Crippen LogP contribution in [0.3, 0.4) is 0 Å². The first kappa shape index (κ1) is 35.3. The highest BCUT2D eigenvalue weighted by molar-refractivity contribution is 8.00. The van der Waals surface area contributed by atoms with E-state index in [-0.39, 0.29) is 16.4 Å². The summed E-state index contributed by atoms with van der Waals surface area (Å²) in [5, 5.41) is 7.88.